The molecule has 2 aromatic carbocycles. The highest BCUT2D eigenvalue weighted by Gasteiger charge is 2.26. The molecule has 1 fully saturated rings. The first-order valence-electron chi connectivity index (χ1n) is 7.87. The van der Waals surface area contributed by atoms with E-state index in [9.17, 15) is 4.79 Å². The van der Waals surface area contributed by atoms with Gasteiger partial charge in [-0.15, -0.1) is 11.3 Å². The second-order valence-electron chi connectivity index (χ2n) is 6.14. The fourth-order valence-corrected chi connectivity index (χ4v) is 4.36. The lowest BCUT2D eigenvalue weighted by Crippen LogP contribution is -2.19. The van der Waals surface area contributed by atoms with E-state index in [-0.39, 0.29) is 5.56 Å². The van der Waals surface area contributed by atoms with Crippen molar-refractivity contribution in [2.24, 2.45) is 0 Å². The van der Waals surface area contributed by atoms with Crippen LogP contribution in [0.1, 0.15) is 18.9 Å². The van der Waals surface area contributed by atoms with Gasteiger partial charge in [-0.2, -0.15) is 0 Å². The van der Waals surface area contributed by atoms with Gasteiger partial charge in [0.25, 0.3) is 5.56 Å². The summed E-state index contributed by atoms with van der Waals surface area (Å²) in [5.74, 6) is 0. The first-order valence-corrected chi connectivity index (χ1v) is 9.45. The van der Waals surface area contributed by atoms with Crippen molar-refractivity contribution in [2.45, 2.75) is 18.9 Å². The van der Waals surface area contributed by atoms with Crippen LogP contribution < -0.4 is 5.56 Å². The van der Waals surface area contributed by atoms with Crippen molar-refractivity contribution < 1.29 is 0 Å². The van der Waals surface area contributed by atoms with Gasteiger partial charge in [0.1, 0.15) is 5.01 Å². The SMILES string of the molecule is O=c1c2c(ccc3nc(-c4ccc(Cl)c(Cl)c4)sc32)ncn1C1CC1. The topological polar surface area (TPSA) is 47.8 Å². The molecule has 0 amide bonds. The Hall–Kier alpha value is -1.95. The standard InChI is InChI=1S/C18H11Cl2N3OS/c19-11-4-1-9(7-12(11)20)17-22-14-6-5-13-15(16(14)25-17)18(24)23(8-21-13)10-2-3-10/h1,4-8,10H,2-3H2. The van der Waals surface area contributed by atoms with Crippen molar-refractivity contribution in [3.8, 4) is 10.6 Å². The summed E-state index contributed by atoms with van der Waals surface area (Å²) in [6.07, 6.45) is 3.75. The normalized spacial score (nSPS) is 14.5. The number of aromatic nitrogens is 3. The zero-order chi connectivity index (χ0) is 17.1. The fraction of sp³-hybridized carbons (Fsp3) is 0.167. The number of hydrogen-bond donors (Lipinski definition) is 0. The first-order chi connectivity index (χ1) is 12.1. The number of hydrogen-bond acceptors (Lipinski definition) is 4. The van der Waals surface area contributed by atoms with Crippen molar-refractivity contribution in [1.82, 2.24) is 14.5 Å². The Morgan fingerprint density at radius 3 is 2.64 bits per heavy atom. The van der Waals surface area contributed by atoms with Crippen molar-refractivity contribution in [3.63, 3.8) is 0 Å². The Morgan fingerprint density at radius 2 is 1.88 bits per heavy atom. The van der Waals surface area contributed by atoms with Crippen molar-refractivity contribution in [3.05, 3.63) is 57.1 Å². The minimum atomic E-state index is 0.0161. The zero-order valence-electron chi connectivity index (χ0n) is 12.9. The Bertz CT molecular complexity index is 1210. The Kier molecular flexibility index (Phi) is 3.39. The summed E-state index contributed by atoms with van der Waals surface area (Å²) in [5, 5.41) is 2.45. The van der Waals surface area contributed by atoms with Crippen LogP contribution in [0.2, 0.25) is 10.0 Å². The van der Waals surface area contributed by atoms with E-state index in [1.807, 2.05) is 18.2 Å². The van der Waals surface area contributed by atoms with E-state index in [1.54, 1.807) is 23.0 Å². The third-order valence-corrected chi connectivity index (χ3v) is 6.29. The van der Waals surface area contributed by atoms with Gasteiger partial charge in [-0.05, 0) is 37.1 Å². The summed E-state index contributed by atoms with van der Waals surface area (Å²) in [6.45, 7) is 0. The van der Waals surface area contributed by atoms with Gasteiger partial charge in [0.15, 0.2) is 0 Å². The maximum atomic E-state index is 12.9. The van der Waals surface area contributed by atoms with E-state index >= 15 is 0 Å². The lowest BCUT2D eigenvalue weighted by atomic mass is 10.2. The number of halogens is 2. The first kappa shape index (κ1) is 15.3. The maximum Gasteiger partial charge on any atom is 0.262 e. The summed E-state index contributed by atoms with van der Waals surface area (Å²) >= 11 is 13.6. The largest absolute Gasteiger partial charge is 0.296 e. The van der Waals surface area contributed by atoms with Crippen LogP contribution in [0.4, 0.5) is 0 Å². The molecule has 4 nitrogen and oxygen atoms in total. The molecule has 1 aliphatic carbocycles. The van der Waals surface area contributed by atoms with Crippen molar-refractivity contribution in [2.75, 3.05) is 0 Å². The molecule has 5 rings (SSSR count). The number of benzene rings is 2. The van der Waals surface area contributed by atoms with Crippen LogP contribution in [0.5, 0.6) is 0 Å². The number of thiazole rings is 1. The summed E-state index contributed by atoms with van der Waals surface area (Å²) in [5.41, 5.74) is 2.40. The third-order valence-electron chi connectivity index (χ3n) is 4.41. The Balaban J connectivity index is 1.78. The number of fused-ring (bicyclic) bond motifs is 3. The molecule has 2 aromatic heterocycles. The van der Waals surface area contributed by atoms with Crippen LogP contribution in [0.3, 0.4) is 0 Å². The molecule has 25 heavy (non-hydrogen) atoms. The molecule has 0 spiro atoms. The molecule has 0 radical (unpaired) electrons. The molecule has 2 heterocycles. The van der Waals surface area contributed by atoms with Crippen molar-refractivity contribution >= 4 is 55.7 Å². The van der Waals surface area contributed by atoms with Crippen LogP contribution in [-0.2, 0) is 0 Å². The van der Waals surface area contributed by atoms with E-state index in [0.717, 1.165) is 33.6 Å². The Labute approximate surface area is 156 Å². The molecule has 0 N–H and O–H groups in total. The van der Waals surface area contributed by atoms with E-state index in [0.29, 0.717) is 27.0 Å². The van der Waals surface area contributed by atoms with Crippen LogP contribution in [0.25, 0.3) is 31.7 Å². The van der Waals surface area contributed by atoms with E-state index < -0.39 is 0 Å². The quantitative estimate of drug-likeness (QED) is 0.467. The van der Waals surface area contributed by atoms with Gasteiger partial charge in [-0.25, -0.2) is 9.97 Å². The lowest BCUT2D eigenvalue weighted by molar-refractivity contribution is 0.699. The second-order valence-corrected chi connectivity index (χ2v) is 7.96. The minimum Gasteiger partial charge on any atom is -0.296 e. The number of nitrogens with zero attached hydrogens (tertiary/aromatic N) is 3. The van der Waals surface area contributed by atoms with E-state index in [1.165, 1.54) is 11.3 Å². The van der Waals surface area contributed by atoms with Gasteiger partial charge in [0.05, 0.1) is 37.5 Å². The summed E-state index contributed by atoms with van der Waals surface area (Å²) in [4.78, 5) is 22.1. The van der Waals surface area contributed by atoms with Crippen LogP contribution in [0.15, 0.2) is 41.5 Å². The van der Waals surface area contributed by atoms with E-state index in [4.69, 9.17) is 23.2 Å². The lowest BCUT2D eigenvalue weighted by Gasteiger charge is -2.04. The van der Waals surface area contributed by atoms with E-state index in [2.05, 4.69) is 9.97 Å². The molecule has 0 atom stereocenters. The molecular formula is C18H11Cl2N3OS. The third kappa shape index (κ3) is 2.46. The molecular weight excluding hydrogens is 377 g/mol. The molecule has 0 aliphatic heterocycles. The average molecular weight is 388 g/mol. The van der Waals surface area contributed by atoms with Gasteiger partial charge in [0.2, 0.25) is 0 Å². The fourth-order valence-electron chi connectivity index (χ4n) is 2.97. The van der Waals surface area contributed by atoms with Crippen LogP contribution in [0, 0.1) is 0 Å². The highest BCUT2D eigenvalue weighted by molar-refractivity contribution is 7.22. The molecule has 0 bridgehead atoms. The minimum absolute atomic E-state index is 0.0161. The monoisotopic (exact) mass is 387 g/mol. The molecule has 4 aromatic rings. The van der Waals surface area contributed by atoms with Gasteiger partial charge in [0, 0.05) is 11.6 Å². The van der Waals surface area contributed by atoms with Gasteiger partial charge in [-0.3, -0.25) is 9.36 Å². The molecule has 7 heteroatoms. The van der Waals surface area contributed by atoms with Gasteiger partial charge in [-0.1, -0.05) is 29.3 Å². The smallest absolute Gasteiger partial charge is 0.262 e. The number of rotatable bonds is 2. The second kappa shape index (κ2) is 5.53. The summed E-state index contributed by atoms with van der Waals surface area (Å²) in [7, 11) is 0. The molecule has 1 saturated carbocycles. The highest BCUT2D eigenvalue weighted by Crippen LogP contribution is 2.37. The predicted octanol–water partition coefficient (Wildman–Crippen LogP) is 5.31. The Morgan fingerprint density at radius 1 is 1.08 bits per heavy atom. The molecule has 0 saturated heterocycles. The molecule has 0 unspecified atom stereocenters. The maximum absolute atomic E-state index is 12.9. The molecule has 1 aliphatic rings. The molecule has 124 valence electrons. The highest BCUT2D eigenvalue weighted by atomic mass is 35.5. The van der Waals surface area contributed by atoms with Crippen molar-refractivity contribution in [1.29, 1.82) is 0 Å². The summed E-state index contributed by atoms with van der Waals surface area (Å²) in [6, 6.07) is 9.49. The zero-order valence-corrected chi connectivity index (χ0v) is 15.2. The van der Waals surface area contributed by atoms with Gasteiger partial charge < -0.3 is 0 Å². The van der Waals surface area contributed by atoms with Crippen LogP contribution >= 0.6 is 34.5 Å². The summed E-state index contributed by atoms with van der Waals surface area (Å²) < 4.78 is 2.62. The average Bonchev–Trinajstić information content (AvgIpc) is 3.35. The van der Waals surface area contributed by atoms with Crippen LogP contribution in [-0.4, -0.2) is 14.5 Å². The predicted molar refractivity (Wildman–Crippen MR) is 103 cm³/mol. The van der Waals surface area contributed by atoms with Gasteiger partial charge >= 0.3 is 0 Å².